The summed E-state index contributed by atoms with van der Waals surface area (Å²) >= 11 is 0. The second-order valence-electron chi connectivity index (χ2n) is 6.32. The lowest BCUT2D eigenvalue weighted by atomic mass is 10.1. The Hall–Kier alpha value is -4.19. The summed E-state index contributed by atoms with van der Waals surface area (Å²) in [6.07, 6.45) is 1.12. The molecule has 31 heavy (non-hydrogen) atoms. The van der Waals surface area contributed by atoms with Crippen molar-refractivity contribution in [3.8, 4) is 11.4 Å². The number of benzene rings is 2. The number of aromatic nitrogens is 6. The minimum absolute atomic E-state index is 0.00605. The molecule has 3 N–H and O–H groups in total. The Bertz CT molecular complexity index is 1280. The fourth-order valence-electron chi connectivity index (χ4n) is 2.66. The number of tetrazole rings is 1. The van der Waals surface area contributed by atoms with Crippen molar-refractivity contribution >= 4 is 21.7 Å². The first-order valence-corrected chi connectivity index (χ1v) is 10.5. The van der Waals surface area contributed by atoms with Crippen LogP contribution in [0.2, 0.25) is 0 Å². The molecule has 0 spiro atoms. The smallest absolute Gasteiger partial charge is 0.270 e. The molecule has 11 nitrogen and oxygen atoms in total. The monoisotopic (exact) mass is 436 g/mol. The Kier molecular flexibility index (Phi) is 5.62. The number of aromatic amines is 1. The van der Waals surface area contributed by atoms with Crippen LogP contribution in [0, 0.1) is 0 Å². The molecule has 12 heteroatoms. The molecular weight excluding hydrogens is 420 g/mol. The van der Waals surface area contributed by atoms with Gasteiger partial charge in [0.15, 0.2) is 0 Å². The predicted octanol–water partition coefficient (Wildman–Crippen LogP) is 1.39. The number of rotatable bonds is 7. The van der Waals surface area contributed by atoms with Gasteiger partial charge in [0.2, 0.25) is 5.82 Å². The van der Waals surface area contributed by atoms with Crippen molar-refractivity contribution in [2.75, 3.05) is 4.72 Å². The summed E-state index contributed by atoms with van der Waals surface area (Å²) in [5.41, 5.74) is 1.67. The lowest BCUT2D eigenvalue weighted by Crippen LogP contribution is -2.24. The van der Waals surface area contributed by atoms with Gasteiger partial charge in [-0.15, -0.1) is 10.2 Å². The van der Waals surface area contributed by atoms with Gasteiger partial charge in [-0.05, 0) is 22.9 Å². The Morgan fingerprint density at radius 1 is 1.00 bits per heavy atom. The van der Waals surface area contributed by atoms with Crippen LogP contribution in [0.5, 0.6) is 0 Å². The molecule has 4 rings (SSSR count). The number of carbonyl (C=O) groups excluding carboxylic acids is 1. The van der Waals surface area contributed by atoms with E-state index in [1.807, 2.05) is 24.3 Å². The molecule has 0 saturated carbocycles. The largest absolute Gasteiger partial charge is 0.347 e. The highest BCUT2D eigenvalue weighted by molar-refractivity contribution is 7.92. The lowest BCUT2D eigenvalue weighted by Gasteiger charge is -2.09. The van der Waals surface area contributed by atoms with Crippen molar-refractivity contribution in [1.29, 1.82) is 0 Å². The Morgan fingerprint density at radius 2 is 1.77 bits per heavy atom. The van der Waals surface area contributed by atoms with Gasteiger partial charge in [0, 0.05) is 18.2 Å². The van der Waals surface area contributed by atoms with Gasteiger partial charge in [0.05, 0.1) is 4.90 Å². The van der Waals surface area contributed by atoms with Crippen LogP contribution in [0.3, 0.4) is 0 Å². The van der Waals surface area contributed by atoms with E-state index in [-0.39, 0.29) is 23.0 Å². The van der Waals surface area contributed by atoms with E-state index >= 15 is 0 Å². The predicted molar refractivity (Wildman–Crippen MR) is 110 cm³/mol. The van der Waals surface area contributed by atoms with Crippen LogP contribution in [0.1, 0.15) is 16.1 Å². The van der Waals surface area contributed by atoms with Gasteiger partial charge in [-0.2, -0.15) is 5.21 Å². The first-order chi connectivity index (χ1) is 15.0. The summed E-state index contributed by atoms with van der Waals surface area (Å²) in [5.74, 6) is 0.000303. The normalized spacial score (nSPS) is 11.1. The third kappa shape index (κ3) is 4.87. The fraction of sp³-hybridized carbons (Fsp3) is 0.0526. The first-order valence-electron chi connectivity index (χ1n) is 9.02. The molecule has 0 aliphatic rings. The van der Waals surface area contributed by atoms with Gasteiger partial charge in [-0.25, -0.2) is 18.4 Å². The summed E-state index contributed by atoms with van der Waals surface area (Å²) in [7, 11) is -3.82. The Morgan fingerprint density at radius 3 is 2.48 bits per heavy atom. The second kappa shape index (κ2) is 8.67. The molecule has 156 valence electrons. The molecule has 2 heterocycles. The molecule has 0 fully saturated rings. The van der Waals surface area contributed by atoms with Gasteiger partial charge < -0.3 is 5.32 Å². The van der Waals surface area contributed by atoms with E-state index in [1.54, 1.807) is 18.2 Å². The van der Waals surface area contributed by atoms with Crippen LogP contribution in [0.4, 0.5) is 5.82 Å². The second-order valence-corrected chi connectivity index (χ2v) is 8.00. The summed E-state index contributed by atoms with van der Waals surface area (Å²) < 4.78 is 27.2. The molecule has 4 aromatic rings. The Labute approximate surface area is 177 Å². The van der Waals surface area contributed by atoms with E-state index in [0.717, 1.165) is 17.5 Å². The number of amides is 1. The number of hydrogen-bond acceptors (Lipinski definition) is 8. The molecule has 2 aromatic carbocycles. The highest BCUT2D eigenvalue weighted by Gasteiger charge is 2.16. The zero-order valence-electron chi connectivity index (χ0n) is 15.9. The number of anilines is 1. The minimum Gasteiger partial charge on any atom is -0.347 e. The molecular formula is C19H16N8O3S. The molecule has 0 aliphatic heterocycles. The molecule has 1 amide bonds. The number of sulfonamides is 1. The van der Waals surface area contributed by atoms with E-state index in [9.17, 15) is 13.2 Å². The maximum absolute atomic E-state index is 12.4. The molecule has 0 unspecified atom stereocenters. The first kappa shape index (κ1) is 20.1. The average Bonchev–Trinajstić information content (AvgIpc) is 3.33. The van der Waals surface area contributed by atoms with Crippen LogP contribution in [-0.2, 0) is 16.6 Å². The third-order valence-electron chi connectivity index (χ3n) is 4.20. The van der Waals surface area contributed by atoms with Gasteiger partial charge in [-0.1, -0.05) is 42.5 Å². The summed E-state index contributed by atoms with van der Waals surface area (Å²) in [6.45, 7) is 0.250. The van der Waals surface area contributed by atoms with Crippen molar-refractivity contribution in [1.82, 2.24) is 35.9 Å². The van der Waals surface area contributed by atoms with E-state index < -0.39 is 15.9 Å². The molecule has 0 atom stereocenters. The van der Waals surface area contributed by atoms with E-state index in [0.29, 0.717) is 5.82 Å². The summed E-state index contributed by atoms with van der Waals surface area (Å²) in [5, 5.41) is 16.4. The SMILES string of the molecule is O=C(NCc1ccc(-c2nn[nH]n2)cc1)c1cc(NS(=O)(=O)c2ccccc2)ncn1. The third-order valence-corrected chi connectivity index (χ3v) is 5.57. The number of carbonyl (C=O) groups is 1. The van der Waals surface area contributed by atoms with E-state index in [4.69, 9.17) is 0 Å². The van der Waals surface area contributed by atoms with Crippen molar-refractivity contribution in [3.63, 3.8) is 0 Å². The van der Waals surface area contributed by atoms with Crippen molar-refractivity contribution in [2.24, 2.45) is 0 Å². The Balaban J connectivity index is 1.40. The minimum atomic E-state index is -3.82. The van der Waals surface area contributed by atoms with E-state index in [2.05, 4.69) is 40.6 Å². The van der Waals surface area contributed by atoms with Gasteiger partial charge in [-0.3, -0.25) is 9.52 Å². The quantitative estimate of drug-likeness (QED) is 0.392. The van der Waals surface area contributed by atoms with Crippen molar-refractivity contribution < 1.29 is 13.2 Å². The molecule has 0 radical (unpaired) electrons. The van der Waals surface area contributed by atoms with Crippen LogP contribution >= 0.6 is 0 Å². The van der Waals surface area contributed by atoms with Crippen molar-refractivity contribution in [3.05, 3.63) is 78.2 Å². The number of nitrogens with one attached hydrogen (secondary N) is 3. The standard InChI is InChI=1S/C19H16N8O3S/c28-19(20-11-13-6-8-14(9-7-13)18-23-26-27-24-18)16-10-17(22-12-21-16)25-31(29,30)15-4-2-1-3-5-15/h1-10,12H,11H2,(H,20,28)(H,21,22,25)(H,23,24,26,27). The van der Waals surface area contributed by atoms with Crippen molar-refractivity contribution in [2.45, 2.75) is 11.4 Å². The molecule has 0 aliphatic carbocycles. The zero-order chi connectivity index (χ0) is 21.7. The van der Waals surface area contributed by atoms with Crippen LogP contribution < -0.4 is 10.0 Å². The number of H-pyrrole nitrogens is 1. The topological polar surface area (TPSA) is 156 Å². The van der Waals surface area contributed by atoms with Crippen LogP contribution in [0.25, 0.3) is 11.4 Å². The summed E-state index contributed by atoms with van der Waals surface area (Å²) in [6, 6.07) is 16.4. The van der Waals surface area contributed by atoms with Gasteiger partial charge in [0.25, 0.3) is 15.9 Å². The highest BCUT2D eigenvalue weighted by Crippen LogP contribution is 2.15. The highest BCUT2D eigenvalue weighted by atomic mass is 32.2. The van der Waals surface area contributed by atoms with Gasteiger partial charge >= 0.3 is 0 Å². The van der Waals surface area contributed by atoms with Crippen LogP contribution in [-0.4, -0.2) is 44.9 Å². The fourth-order valence-corrected chi connectivity index (χ4v) is 3.68. The molecule has 2 aromatic heterocycles. The maximum Gasteiger partial charge on any atom is 0.270 e. The lowest BCUT2D eigenvalue weighted by molar-refractivity contribution is 0.0945. The zero-order valence-corrected chi connectivity index (χ0v) is 16.7. The van der Waals surface area contributed by atoms with Gasteiger partial charge in [0.1, 0.15) is 17.8 Å². The van der Waals surface area contributed by atoms with E-state index in [1.165, 1.54) is 18.2 Å². The van der Waals surface area contributed by atoms with Crippen LogP contribution in [0.15, 0.2) is 71.9 Å². The summed E-state index contributed by atoms with van der Waals surface area (Å²) in [4.78, 5) is 20.3. The number of hydrogen-bond donors (Lipinski definition) is 3. The molecule has 0 saturated heterocycles. The molecule has 0 bridgehead atoms. The number of nitrogens with zero attached hydrogens (tertiary/aromatic N) is 5. The average molecular weight is 436 g/mol. The maximum atomic E-state index is 12.4.